The third-order valence-electron chi connectivity index (χ3n) is 3.57. The van der Waals surface area contributed by atoms with Crippen LogP contribution in [0.15, 0.2) is 53.7 Å². The largest absolute Gasteiger partial charge is 0.497 e. The van der Waals surface area contributed by atoms with Gasteiger partial charge in [0, 0.05) is 26.4 Å². The average molecular weight is 470 g/mol. The smallest absolute Gasteiger partial charge is 0.191 e. The maximum absolute atomic E-state index is 5.69. The fraction of sp³-hybridized carbons (Fsp3) is 0.368. The average Bonchev–Trinajstić information content (AvgIpc) is 2.68. The van der Waals surface area contributed by atoms with E-state index in [-0.39, 0.29) is 24.0 Å². The molecule has 2 rings (SSSR count). The number of pyridine rings is 1. The van der Waals surface area contributed by atoms with Crippen molar-refractivity contribution >= 4 is 29.9 Å². The molecule has 0 saturated heterocycles. The van der Waals surface area contributed by atoms with Gasteiger partial charge in [0.05, 0.1) is 26.0 Å². The fourth-order valence-electron chi connectivity index (χ4n) is 2.19. The lowest BCUT2D eigenvalue weighted by Crippen LogP contribution is -2.37. The highest BCUT2D eigenvalue weighted by atomic mass is 127. The van der Waals surface area contributed by atoms with E-state index in [0.29, 0.717) is 19.8 Å². The second-order valence-electron chi connectivity index (χ2n) is 5.43. The molecule has 0 fully saturated rings. The zero-order chi connectivity index (χ0) is 17.7. The monoisotopic (exact) mass is 470 g/mol. The maximum atomic E-state index is 5.69. The van der Waals surface area contributed by atoms with Crippen LogP contribution in [0.4, 0.5) is 0 Å². The SMILES string of the molecule is CN=C(NCCCOCc1ccc(OC)cc1)NCc1ccccn1.I. The van der Waals surface area contributed by atoms with Crippen molar-refractivity contribution < 1.29 is 9.47 Å². The van der Waals surface area contributed by atoms with Crippen LogP contribution in [0.3, 0.4) is 0 Å². The molecule has 0 atom stereocenters. The highest BCUT2D eigenvalue weighted by Crippen LogP contribution is 2.11. The van der Waals surface area contributed by atoms with Crippen LogP contribution in [-0.4, -0.2) is 38.3 Å². The zero-order valence-electron chi connectivity index (χ0n) is 15.3. The van der Waals surface area contributed by atoms with Crippen molar-refractivity contribution in [2.45, 2.75) is 19.6 Å². The van der Waals surface area contributed by atoms with E-state index in [1.54, 1.807) is 20.4 Å². The highest BCUT2D eigenvalue weighted by Gasteiger charge is 1.99. The van der Waals surface area contributed by atoms with Gasteiger partial charge in [0.25, 0.3) is 0 Å². The first-order valence-corrected chi connectivity index (χ1v) is 8.37. The minimum absolute atomic E-state index is 0. The first kappa shape index (κ1) is 22.2. The summed E-state index contributed by atoms with van der Waals surface area (Å²) < 4.78 is 10.8. The molecule has 2 aromatic rings. The molecule has 0 bridgehead atoms. The Hall–Kier alpha value is -1.87. The van der Waals surface area contributed by atoms with Crippen molar-refractivity contribution in [3.05, 3.63) is 59.9 Å². The number of halogens is 1. The van der Waals surface area contributed by atoms with Crippen LogP contribution in [0.5, 0.6) is 5.75 Å². The second-order valence-corrected chi connectivity index (χ2v) is 5.43. The van der Waals surface area contributed by atoms with E-state index in [2.05, 4.69) is 20.6 Å². The van der Waals surface area contributed by atoms with E-state index in [0.717, 1.165) is 35.9 Å². The Bertz CT molecular complexity index is 636. The normalized spacial score (nSPS) is 10.8. The van der Waals surface area contributed by atoms with E-state index in [4.69, 9.17) is 9.47 Å². The third-order valence-corrected chi connectivity index (χ3v) is 3.57. The highest BCUT2D eigenvalue weighted by molar-refractivity contribution is 14.0. The van der Waals surface area contributed by atoms with Gasteiger partial charge < -0.3 is 20.1 Å². The van der Waals surface area contributed by atoms with Gasteiger partial charge in [-0.2, -0.15) is 0 Å². The number of rotatable bonds is 9. The number of hydrogen-bond donors (Lipinski definition) is 2. The Morgan fingerprint density at radius 1 is 1.12 bits per heavy atom. The van der Waals surface area contributed by atoms with Crippen LogP contribution in [0.2, 0.25) is 0 Å². The Morgan fingerprint density at radius 2 is 1.92 bits per heavy atom. The summed E-state index contributed by atoms with van der Waals surface area (Å²) in [4.78, 5) is 8.47. The number of aromatic nitrogens is 1. The predicted octanol–water partition coefficient (Wildman–Crippen LogP) is 2.98. The molecule has 26 heavy (non-hydrogen) atoms. The molecule has 1 heterocycles. The summed E-state index contributed by atoms with van der Waals surface area (Å²) in [5, 5.41) is 6.50. The molecular weight excluding hydrogens is 443 g/mol. The minimum atomic E-state index is 0. The molecule has 0 amide bonds. The molecule has 0 aliphatic rings. The predicted molar refractivity (Wildman–Crippen MR) is 115 cm³/mol. The van der Waals surface area contributed by atoms with Crippen LogP contribution in [0.1, 0.15) is 17.7 Å². The lowest BCUT2D eigenvalue weighted by molar-refractivity contribution is 0.119. The molecule has 0 aliphatic heterocycles. The Labute approximate surface area is 172 Å². The quantitative estimate of drug-likeness (QED) is 0.255. The molecular formula is C19H27IN4O2. The molecule has 0 spiro atoms. The topological polar surface area (TPSA) is 67.8 Å². The number of ether oxygens (including phenoxy) is 2. The molecule has 1 aromatic carbocycles. The van der Waals surface area contributed by atoms with E-state index >= 15 is 0 Å². The standard InChI is InChI=1S/C19H26N4O2.HI/c1-20-19(23-14-17-6-3-4-11-21-17)22-12-5-13-25-15-16-7-9-18(24-2)10-8-16;/h3-4,6-11H,5,12-15H2,1-2H3,(H2,20,22,23);1H. The van der Waals surface area contributed by atoms with Gasteiger partial charge >= 0.3 is 0 Å². The van der Waals surface area contributed by atoms with Crippen LogP contribution in [-0.2, 0) is 17.9 Å². The van der Waals surface area contributed by atoms with Crippen LogP contribution in [0, 0.1) is 0 Å². The number of nitrogens with one attached hydrogen (secondary N) is 2. The summed E-state index contributed by atoms with van der Waals surface area (Å²) in [5.41, 5.74) is 2.12. The Morgan fingerprint density at radius 3 is 2.58 bits per heavy atom. The fourth-order valence-corrected chi connectivity index (χ4v) is 2.19. The van der Waals surface area contributed by atoms with Gasteiger partial charge in [-0.3, -0.25) is 9.98 Å². The van der Waals surface area contributed by atoms with Crippen molar-refractivity contribution in [1.82, 2.24) is 15.6 Å². The van der Waals surface area contributed by atoms with E-state index in [9.17, 15) is 0 Å². The van der Waals surface area contributed by atoms with Crippen molar-refractivity contribution in [2.75, 3.05) is 27.3 Å². The molecule has 6 nitrogen and oxygen atoms in total. The summed E-state index contributed by atoms with van der Waals surface area (Å²) in [7, 11) is 3.42. The number of hydrogen-bond acceptors (Lipinski definition) is 4. The molecule has 0 saturated carbocycles. The Kier molecular flexibility index (Phi) is 11.4. The van der Waals surface area contributed by atoms with E-state index in [1.165, 1.54) is 0 Å². The summed E-state index contributed by atoms with van der Waals surface area (Å²) >= 11 is 0. The van der Waals surface area contributed by atoms with Gasteiger partial charge in [0.2, 0.25) is 0 Å². The first-order chi connectivity index (χ1) is 12.3. The van der Waals surface area contributed by atoms with E-state index in [1.807, 2.05) is 42.5 Å². The number of methoxy groups -OCH3 is 1. The van der Waals surface area contributed by atoms with Crippen LogP contribution in [0.25, 0.3) is 0 Å². The number of aliphatic imine (C=N–C) groups is 1. The van der Waals surface area contributed by atoms with Crippen molar-refractivity contribution in [3.63, 3.8) is 0 Å². The molecule has 0 aliphatic carbocycles. The summed E-state index contributed by atoms with van der Waals surface area (Å²) in [6.07, 6.45) is 2.69. The van der Waals surface area contributed by atoms with Crippen LogP contribution >= 0.6 is 24.0 Å². The van der Waals surface area contributed by atoms with Crippen molar-refractivity contribution in [3.8, 4) is 5.75 Å². The summed E-state index contributed by atoms with van der Waals surface area (Å²) in [6, 6.07) is 13.8. The molecule has 142 valence electrons. The van der Waals surface area contributed by atoms with Gasteiger partial charge in [0.1, 0.15) is 5.75 Å². The lowest BCUT2D eigenvalue weighted by Gasteiger charge is -2.11. The first-order valence-electron chi connectivity index (χ1n) is 8.37. The second kappa shape index (κ2) is 13.3. The van der Waals surface area contributed by atoms with Gasteiger partial charge in [0.15, 0.2) is 5.96 Å². The van der Waals surface area contributed by atoms with Crippen molar-refractivity contribution in [2.24, 2.45) is 4.99 Å². The third kappa shape index (κ3) is 8.48. The molecule has 0 unspecified atom stereocenters. The maximum Gasteiger partial charge on any atom is 0.191 e. The lowest BCUT2D eigenvalue weighted by atomic mass is 10.2. The molecule has 1 aromatic heterocycles. The summed E-state index contributed by atoms with van der Waals surface area (Å²) in [6.45, 7) is 2.74. The van der Waals surface area contributed by atoms with E-state index < -0.39 is 0 Å². The van der Waals surface area contributed by atoms with Gasteiger partial charge in [-0.05, 0) is 36.2 Å². The van der Waals surface area contributed by atoms with Gasteiger partial charge in [-0.15, -0.1) is 24.0 Å². The molecule has 0 radical (unpaired) electrons. The van der Waals surface area contributed by atoms with Crippen LogP contribution < -0.4 is 15.4 Å². The number of nitrogens with zero attached hydrogens (tertiary/aromatic N) is 2. The van der Waals surface area contributed by atoms with Gasteiger partial charge in [-0.25, -0.2) is 0 Å². The summed E-state index contributed by atoms with van der Waals surface area (Å²) in [5.74, 6) is 1.62. The number of guanidine groups is 1. The van der Waals surface area contributed by atoms with Gasteiger partial charge in [-0.1, -0.05) is 18.2 Å². The molecule has 2 N–H and O–H groups in total. The molecule has 7 heteroatoms. The minimum Gasteiger partial charge on any atom is -0.497 e. The zero-order valence-corrected chi connectivity index (χ0v) is 17.6. The van der Waals surface area contributed by atoms with Crippen molar-refractivity contribution in [1.29, 1.82) is 0 Å². The Balaban J connectivity index is 0.00000338. The number of benzene rings is 1.